The number of unbranched alkanes of at least 4 members (excludes halogenated alkanes) is 8. The number of nitrogens with two attached hydrogens (primary N) is 1. The molecule has 0 radical (unpaired) electrons. The van der Waals surface area contributed by atoms with Crippen LogP contribution in [0.4, 0.5) is 0 Å². The van der Waals surface area contributed by atoms with Crippen molar-refractivity contribution in [3.05, 3.63) is 0 Å². The number of aliphatic imine (C=N–C) groups is 1. The summed E-state index contributed by atoms with van der Waals surface area (Å²) >= 11 is 0. The maximum Gasteiger partial charge on any atom is 0.300 e. The van der Waals surface area contributed by atoms with Gasteiger partial charge < -0.3 is 15.7 Å². The third kappa shape index (κ3) is 14.2. The standard InChI is InChI=1S/C16H33N3.C2H4O2/c1-2-3-4-5-6-7-8-9-10-11-16-18-13-15-19(16)14-12-17;1-2(3)4/h2-15,17H2,1H3;1H3,(H,3,4). The molecule has 0 aromatic rings. The first-order chi connectivity index (χ1) is 11.1. The molecule has 0 saturated heterocycles. The molecular formula is C18H37N3O2. The second-order valence-corrected chi connectivity index (χ2v) is 6.17. The zero-order chi connectivity index (χ0) is 17.3. The SMILES string of the molecule is CC(=O)O.CCCCCCCCCCCC1=NCCN1CCN. The molecule has 5 heteroatoms. The lowest BCUT2D eigenvalue weighted by molar-refractivity contribution is -0.134. The van der Waals surface area contributed by atoms with Crippen molar-refractivity contribution in [2.24, 2.45) is 10.7 Å². The molecule has 0 unspecified atom stereocenters. The minimum atomic E-state index is -0.833. The molecule has 0 spiro atoms. The van der Waals surface area contributed by atoms with Crippen LogP contribution < -0.4 is 5.73 Å². The average molecular weight is 328 g/mol. The van der Waals surface area contributed by atoms with Gasteiger partial charge >= 0.3 is 0 Å². The summed E-state index contributed by atoms with van der Waals surface area (Å²) in [4.78, 5) is 16.0. The molecule has 0 fully saturated rings. The van der Waals surface area contributed by atoms with Crippen LogP contribution >= 0.6 is 0 Å². The van der Waals surface area contributed by atoms with Crippen molar-refractivity contribution in [2.75, 3.05) is 26.2 Å². The van der Waals surface area contributed by atoms with Gasteiger partial charge in [0.05, 0.1) is 12.4 Å². The first kappa shape index (κ1) is 21.9. The highest BCUT2D eigenvalue weighted by atomic mass is 16.4. The molecule has 5 nitrogen and oxygen atoms in total. The Morgan fingerprint density at radius 3 is 2.17 bits per heavy atom. The number of carboxylic acids is 1. The molecule has 1 aliphatic rings. The van der Waals surface area contributed by atoms with Crippen LogP contribution in [-0.4, -0.2) is 48.0 Å². The smallest absolute Gasteiger partial charge is 0.300 e. The molecule has 3 N–H and O–H groups in total. The number of carboxylic acid groups (broad SMARTS) is 1. The van der Waals surface area contributed by atoms with Crippen LogP contribution in [-0.2, 0) is 4.79 Å². The second kappa shape index (κ2) is 15.8. The van der Waals surface area contributed by atoms with E-state index < -0.39 is 5.97 Å². The summed E-state index contributed by atoms with van der Waals surface area (Å²) in [6.45, 7) is 7.16. The molecule has 23 heavy (non-hydrogen) atoms. The second-order valence-electron chi connectivity index (χ2n) is 6.17. The van der Waals surface area contributed by atoms with E-state index in [0.717, 1.165) is 39.5 Å². The van der Waals surface area contributed by atoms with Crippen LogP contribution in [0.1, 0.15) is 78.1 Å². The van der Waals surface area contributed by atoms with Gasteiger partial charge in [0.15, 0.2) is 0 Å². The summed E-state index contributed by atoms with van der Waals surface area (Å²) in [6.07, 6.45) is 13.7. The van der Waals surface area contributed by atoms with Crippen molar-refractivity contribution >= 4 is 11.8 Å². The lowest BCUT2D eigenvalue weighted by atomic mass is 10.1. The number of rotatable bonds is 12. The van der Waals surface area contributed by atoms with Gasteiger partial charge in [-0.25, -0.2) is 0 Å². The van der Waals surface area contributed by atoms with E-state index >= 15 is 0 Å². The Morgan fingerprint density at radius 2 is 1.65 bits per heavy atom. The molecule has 1 heterocycles. The fourth-order valence-corrected chi connectivity index (χ4v) is 2.76. The zero-order valence-electron chi connectivity index (χ0n) is 15.2. The summed E-state index contributed by atoms with van der Waals surface area (Å²) in [5.74, 6) is 0.480. The van der Waals surface area contributed by atoms with E-state index in [4.69, 9.17) is 15.6 Å². The number of carbonyl (C=O) groups is 1. The molecule has 0 amide bonds. The van der Waals surface area contributed by atoms with Crippen LogP contribution in [0.5, 0.6) is 0 Å². The van der Waals surface area contributed by atoms with E-state index in [1.165, 1.54) is 63.6 Å². The third-order valence-corrected chi connectivity index (χ3v) is 3.93. The van der Waals surface area contributed by atoms with E-state index in [0.29, 0.717) is 0 Å². The number of amidine groups is 1. The molecular weight excluding hydrogens is 290 g/mol. The highest BCUT2D eigenvalue weighted by Crippen LogP contribution is 2.13. The zero-order valence-corrected chi connectivity index (χ0v) is 15.2. The molecule has 0 aromatic heterocycles. The van der Waals surface area contributed by atoms with Gasteiger partial charge in [0.25, 0.3) is 5.97 Å². The Kier molecular flexibility index (Phi) is 15.0. The summed E-state index contributed by atoms with van der Waals surface area (Å²) in [5.41, 5.74) is 5.62. The summed E-state index contributed by atoms with van der Waals surface area (Å²) in [7, 11) is 0. The van der Waals surface area contributed by atoms with Crippen molar-refractivity contribution in [3.63, 3.8) is 0 Å². The fourth-order valence-electron chi connectivity index (χ4n) is 2.76. The number of aliphatic carboxylic acids is 1. The largest absolute Gasteiger partial charge is 0.481 e. The molecule has 1 aliphatic heterocycles. The van der Waals surface area contributed by atoms with Gasteiger partial charge in [-0.1, -0.05) is 58.3 Å². The monoisotopic (exact) mass is 327 g/mol. The van der Waals surface area contributed by atoms with Crippen LogP contribution in [0.3, 0.4) is 0 Å². The van der Waals surface area contributed by atoms with Gasteiger partial charge in [0.2, 0.25) is 0 Å². The Balaban J connectivity index is 0.00000108. The van der Waals surface area contributed by atoms with Crippen molar-refractivity contribution in [1.29, 1.82) is 0 Å². The van der Waals surface area contributed by atoms with Gasteiger partial charge in [0.1, 0.15) is 0 Å². The lowest BCUT2D eigenvalue weighted by Gasteiger charge is -2.19. The van der Waals surface area contributed by atoms with Gasteiger partial charge in [0, 0.05) is 33.0 Å². The van der Waals surface area contributed by atoms with E-state index in [2.05, 4.69) is 16.8 Å². The molecule has 0 bridgehead atoms. The highest BCUT2D eigenvalue weighted by molar-refractivity contribution is 5.83. The highest BCUT2D eigenvalue weighted by Gasteiger charge is 2.14. The molecule has 0 atom stereocenters. The average Bonchev–Trinajstić information content (AvgIpc) is 2.93. The maximum absolute atomic E-state index is 9.00. The van der Waals surface area contributed by atoms with Gasteiger partial charge in [-0.2, -0.15) is 0 Å². The van der Waals surface area contributed by atoms with E-state index in [1.54, 1.807) is 0 Å². The van der Waals surface area contributed by atoms with Gasteiger partial charge in [-0.15, -0.1) is 0 Å². The summed E-state index contributed by atoms with van der Waals surface area (Å²) in [6, 6.07) is 0. The number of nitrogens with zero attached hydrogens (tertiary/aromatic N) is 2. The molecule has 0 saturated carbocycles. The first-order valence-electron chi connectivity index (χ1n) is 9.29. The Bertz CT molecular complexity index is 315. The Morgan fingerprint density at radius 1 is 1.13 bits per heavy atom. The third-order valence-electron chi connectivity index (χ3n) is 3.93. The van der Waals surface area contributed by atoms with Crippen LogP contribution in [0, 0.1) is 0 Å². The van der Waals surface area contributed by atoms with Gasteiger partial charge in [-0.05, 0) is 6.42 Å². The quantitative estimate of drug-likeness (QED) is 0.536. The normalized spacial score (nSPS) is 13.5. The predicted octanol–water partition coefficient (Wildman–Crippen LogP) is 3.67. The first-order valence-corrected chi connectivity index (χ1v) is 9.29. The predicted molar refractivity (Wildman–Crippen MR) is 98.1 cm³/mol. The number of hydrogen-bond acceptors (Lipinski definition) is 4. The van der Waals surface area contributed by atoms with Crippen LogP contribution in [0.2, 0.25) is 0 Å². The molecule has 1 rings (SSSR count). The minimum absolute atomic E-state index is 0.747. The van der Waals surface area contributed by atoms with Crippen LogP contribution in [0.15, 0.2) is 4.99 Å². The molecule has 0 aliphatic carbocycles. The van der Waals surface area contributed by atoms with E-state index in [-0.39, 0.29) is 0 Å². The van der Waals surface area contributed by atoms with Crippen LogP contribution in [0.25, 0.3) is 0 Å². The van der Waals surface area contributed by atoms with E-state index in [1.807, 2.05) is 0 Å². The van der Waals surface area contributed by atoms with Crippen molar-refractivity contribution < 1.29 is 9.90 Å². The van der Waals surface area contributed by atoms with E-state index in [9.17, 15) is 0 Å². The maximum atomic E-state index is 9.00. The van der Waals surface area contributed by atoms with Crippen molar-refractivity contribution in [3.8, 4) is 0 Å². The molecule has 0 aromatic carbocycles. The van der Waals surface area contributed by atoms with Crippen molar-refractivity contribution in [2.45, 2.75) is 78.1 Å². The topological polar surface area (TPSA) is 78.9 Å². The fraction of sp³-hybridized carbons (Fsp3) is 0.889. The Hall–Kier alpha value is -1.10. The van der Waals surface area contributed by atoms with Gasteiger partial charge in [-0.3, -0.25) is 9.79 Å². The lowest BCUT2D eigenvalue weighted by Crippen LogP contribution is -2.32. The molecule has 136 valence electrons. The summed E-state index contributed by atoms with van der Waals surface area (Å²) in [5, 5.41) is 7.42. The number of hydrogen-bond donors (Lipinski definition) is 2. The Labute approximate surface area is 142 Å². The summed E-state index contributed by atoms with van der Waals surface area (Å²) < 4.78 is 0. The minimum Gasteiger partial charge on any atom is -0.481 e. The van der Waals surface area contributed by atoms with Crippen molar-refractivity contribution in [1.82, 2.24) is 4.90 Å².